The standard InChI is InChI=1S/C11H20O/c1-9(2)7-8-10(3,4)11(5,6)12/h9,12H,1-6H3. The number of hydrogen-bond donors (Lipinski definition) is 1. The van der Waals surface area contributed by atoms with Gasteiger partial charge in [-0.25, -0.2) is 0 Å². The molecule has 0 aromatic heterocycles. The van der Waals surface area contributed by atoms with E-state index in [9.17, 15) is 5.11 Å². The van der Waals surface area contributed by atoms with Crippen LogP contribution in [0, 0.1) is 23.2 Å². The van der Waals surface area contributed by atoms with Gasteiger partial charge in [-0.05, 0) is 27.7 Å². The van der Waals surface area contributed by atoms with Gasteiger partial charge in [-0.1, -0.05) is 25.7 Å². The van der Waals surface area contributed by atoms with Crippen molar-refractivity contribution in [2.45, 2.75) is 47.1 Å². The van der Waals surface area contributed by atoms with E-state index in [1.165, 1.54) is 0 Å². The summed E-state index contributed by atoms with van der Waals surface area (Å²) in [5.41, 5.74) is -1.08. The van der Waals surface area contributed by atoms with Crippen molar-refractivity contribution in [3.05, 3.63) is 0 Å². The fraction of sp³-hybridized carbons (Fsp3) is 0.818. The van der Waals surface area contributed by atoms with E-state index in [-0.39, 0.29) is 5.41 Å². The van der Waals surface area contributed by atoms with Gasteiger partial charge in [0, 0.05) is 5.92 Å². The Bertz CT molecular complexity index is 195. The number of hydrogen-bond acceptors (Lipinski definition) is 1. The van der Waals surface area contributed by atoms with E-state index in [2.05, 4.69) is 11.8 Å². The van der Waals surface area contributed by atoms with Crippen LogP contribution in [0.1, 0.15) is 41.5 Å². The average molecular weight is 168 g/mol. The first-order chi connectivity index (χ1) is 5.17. The molecule has 0 unspecified atom stereocenters. The Kier molecular flexibility index (Phi) is 3.35. The van der Waals surface area contributed by atoms with Gasteiger partial charge in [0.25, 0.3) is 0 Å². The molecule has 0 fully saturated rings. The summed E-state index contributed by atoms with van der Waals surface area (Å²) in [6.45, 7) is 11.6. The van der Waals surface area contributed by atoms with Gasteiger partial charge in [0.2, 0.25) is 0 Å². The summed E-state index contributed by atoms with van der Waals surface area (Å²) in [4.78, 5) is 0. The molecule has 0 aromatic carbocycles. The molecule has 0 saturated heterocycles. The first-order valence-corrected chi connectivity index (χ1v) is 4.42. The van der Waals surface area contributed by atoms with Crippen molar-refractivity contribution in [2.24, 2.45) is 11.3 Å². The molecular formula is C11H20O. The van der Waals surface area contributed by atoms with Crippen LogP contribution in [0.5, 0.6) is 0 Å². The Morgan fingerprint density at radius 3 is 1.75 bits per heavy atom. The molecule has 0 radical (unpaired) electrons. The monoisotopic (exact) mass is 168 g/mol. The number of aliphatic hydroxyl groups is 1. The molecule has 0 rings (SSSR count). The summed E-state index contributed by atoms with van der Waals surface area (Å²) < 4.78 is 0. The molecule has 0 bridgehead atoms. The maximum Gasteiger partial charge on any atom is 0.0751 e. The molecule has 0 aromatic rings. The number of rotatable bonds is 1. The smallest absolute Gasteiger partial charge is 0.0751 e. The molecule has 1 N–H and O–H groups in total. The summed E-state index contributed by atoms with van der Waals surface area (Å²) in [6, 6.07) is 0. The predicted molar refractivity (Wildman–Crippen MR) is 52.7 cm³/mol. The van der Waals surface area contributed by atoms with Crippen molar-refractivity contribution >= 4 is 0 Å². The van der Waals surface area contributed by atoms with Crippen molar-refractivity contribution in [1.82, 2.24) is 0 Å². The van der Waals surface area contributed by atoms with Crippen molar-refractivity contribution in [3.63, 3.8) is 0 Å². The lowest BCUT2D eigenvalue weighted by Crippen LogP contribution is -2.37. The Morgan fingerprint density at radius 2 is 1.50 bits per heavy atom. The van der Waals surface area contributed by atoms with E-state index in [0.717, 1.165) is 0 Å². The van der Waals surface area contributed by atoms with E-state index in [1.807, 2.05) is 27.7 Å². The normalized spacial score (nSPS) is 12.7. The highest BCUT2D eigenvalue weighted by molar-refractivity contribution is 5.15. The Labute approximate surface area is 76.2 Å². The minimum Gasteiger partial charge on any atom is -0.389 e. The first kappa shape index (κ1) is 11.5. The molecule has 0 aliphatic carbocycles. The lowest BCUT2D eigenvalue weighted by atomic mass is 9.78. The van der Waals surface area contributed by atoms with Crippen LogP contribution in [0.25, 0.3) is 0 Å². The third-order valence-electron chi connectivity index (χ3n) is 2.20. The Hall–Kier alpha value is -0.480. The molecule has 0 saturated carbocycles. The second-order valence-corrected chi connectivity index (χ2v) is 4.61. The fourth-order valence-corrected chi connectivity index (χ4v) is 0.478. The van der Waals surface area contributed by atoms with Crippen molar-refractivity contribution in [3.8, 4) is 11.8 Å². The highest BCUT2D eigenvalue weighted by Crippen LogP contribution is 2.29. The zero-order valence-electron chi connectivity index (χ0n) is 9.02. The average Bonchev–Trinajstić information content (AvgIpc) is 1.81. The molecular weight excluding hydrogens is 148 g/mol. The second kappa shape index (κ2) is 3.49. The van der Waals surface area contributed by atoms with Gasteiger partial charge >= 0.3 is 0 Å². The maximum absolute atomic E-state index is 9.76. The predicted octanol–water partition coefficient (Wildman–Crippen LogP) is 2.44. The molecule has 0 amide bonds. The van der Waals surface area contributed by atoms with Gasteiger partial charge in [0.1, 0.15) is 0 Å². The van der Waals surface area contributed by atoms with Crippen LogP contribution in [0.3, 0.4) is 0 Å². The minimum atomic E-state index is -0.741. The molecule has 0 spiro atoms. The summed E-state index contributed by atoms with van der Waals surface area (Å²) >= 11 is 0. The van der Waals surface area contributed by atoms with Crippen LogP contribution in [-0.2, 0) is 0 Å². The third-order valence-corrected chi connectivity index (χ3v) is 2.20. The van der Waals surface area contributed by atoms with E-state index >= 15 is 0 Å². The summed E-state index contributed by atoms with van der Waals surface area (Å²) in [7, 11) is 0. The van der Waals surface area contributed by atoms with Gasteiger partial charge in [-0.2, -0.15) is 0 Å². The maximum atomic E-state index is 9.76. The zero-order valence-corrected chi connectivity index (χ0v) is 9.02. The molecule has 0 aliphatic rings. The molecule has 0 aliphatic heterocycles. The van der Waals surface area contributed by atoms with E-state index < -0.39 is 5.60 Å². The second-order valence-electron chi connectivity index (χ2n) is 4.61. The molecule has 70 valence electrons. The van der Waals surface area contributed by atoms with E-state index in [0.29, 0.717) is 5.92 Å². The summed E-state index contributed by atoms with van der Waals surface area (Å²) in [6.07, 6.45) is 0. The first-order valence-electron chi connectivity index (χ1n) is 4.42. The summed E-state index contributed by atoms with van der Waals surface area (Å²) in [5, 5.41) is 9.76. The Balaban J connectivity index is 4.57. The van der Waals surface area contributed by atoms with Crippen molar-refractivity contribution < 1.29 is 5.11 Å². The van der Waals surface area contributed by atoms with Crippen LogP contribution < -0.4 is 0 Å². The van der Waals surface area contributed by atoms with E-state index in [4.69, 9.17) is 0 Å². The van der Waals surface area contributed by atoms with Crippen LogP contribution >= 0.6 is 0 Å². The van der Waals surface area contributed by atoms with Gasteiger partial charge in [0.05, 0.1) is 11.0 Å². The van der Waals surface area contributed by atoms with Crippen molar-refractivity contribution in [2.75, 3.05) is 0 Å². The quantitative estimate of drug-likeness (QED) is 0.596. The SMILES string of the molecule is CC(C)C#CC(C)(C)C(C)(C)O. The van der Waals surface area contributed by atoms with Gasteiger partial charge < -0.3 is 5.11 Å². The van der Waals surface area contributed by atoms with E-state index in [1.54, 1.807) is 13.8 Å². The topological polar surface area (TPSA) is 20.2 Å². The highest BCUT2D eigenvalue weighted by Gasteiger charge is 2.33. The van der Waals surface area contributed by atoms with Crippen LogP contribution in [0.4, 0.5) is 0 Å². The Morgan fingerprint density at radius 1 is 1.08 bits per heavy atom. The fourth-order valence-electron chi connectivity index (χ4n) is 0.478. The van der Waals surface area contributed by atoms with Gasteiger partial charge in [-0.15, -0.1) is 0 Å². The molecule has 12 heavy (non-hydrogen) atoms. The van der Waals surface area contributed by atoms with Gasteiger partial charge in [-0.3, -0.25) is 0 Å². The zero-order chi connectivity index (χ0) is 9.99. The minimum absolute atomic E-state index is 0.336. The molecule has 1 heteroatoms. The van der Waals surface area contributed by atoms with Crippen LogP contribution in [0.15, 0.2) is 0 Å². The van der Waals surface area contributed by atoms with Crippen molar-refractivity contribution in [1.29, 1.82) is 0 Å². The van der Waals surface area contributed by atoms with Crippen LogP contribution in [0.2, 0.25) is 0 Å². The lowest BCUT2D eigenvalue weighted by molar-refractivity contribution is -0.00223. The summed E-state index contributed by atoms with van der Waals surface area (Å²) in [5.74, 6) is 6.55. The molecule has 1 nitrogen and oxygen atoms in total. The van der Waals surface area contributed by atoms with Crippen LogP contribution in [-0.4, -0.2) is 10.7 Å². The largest absolute Gasteiger partial charge is 0.389 e. The lowest BCUT2D eigenvalue weighted by Gasteiger charge is -2.32. The third kappa shape index (κ3) is 3.28. The van der Waals surface area contributed by atoms with Gasteiger partial charge in [0.15, 0.2) is 0 Å². The molecule has 0 atom stereocenters. The molecule has 0 heterocycles. The highest BCUT2D eigenvalue weighted by atomic mass is 16.3.